The van der Waals surface area contributed by atoms with Crippen molar-refractivity contribution in [3.8, 4) is 0 Å². The normalized spacial score (nSPS) is 39.4. The van der Waals surface area contributed by atoms with Crippen molar-refractivity contribution in [3.05, 3.63) is 11.9 Å². The lowest BCUT2D eigenvalue weighted by Gasteiger charge is -2.59. The minimum absolute atomic E-state index is 0.0171. The van der Waals surface area contributed by atoms with Crippen molar-refractivity contribution in [1.29, 1.82) is 0 Å². The van der Waals surface area contributed by atoms with Crippen molar-refractivity contribution < 1.29 is 9.63 Å². The van der Waals surface area contributed by atoms with E-state index in [2.05, 4.69) is 34.2 Å². The molecule has 0 radical (unpaired) electrons. The third-order valence-electron chi connectivity index (χ3n) is 9.88. The molecule has 1 aromatic rings. The molecule has 4 aliphatic rings. The summed E-state index contributed by atoms with van der Waals surface area (Å²) in [5.74, 6) is 3.43. The molecule has 182 valence electrons. The van der Waals surface area contributed by atoms with E-state index in [0.29, 0.717) is 36.2 Å². The first kappa shape index (κ1) is 23.0. The maximum absolute atomic E-state index is 12.6. The minimum Gasteiger partial charge on any atom is -0.394 e. The first-order valence-corrected chi connectivity index (χ1v) is 13.0. The lowest BCUT2D eigenvalue weighted by Crippen LogP contribution is -2.53. The molecule has 33 heavy (non-hydrogen) atoms. The molecule has 7 heteroatoms. The van der Waals surface area contributed by atoms with Crippen LogP contribution in [-0.4, -0.2) is 52.1 Å². The van der Waals surface area contributed by atoms with Gasteiger partial charge >= 0.3 is 0 Å². The van der Waals surface area contributed by atoms with E-state index in [-0.39, 0.29) is 5.41 Å². The van der Waals surface area contributed by atoms with Gasteiger partial charge in [-0.1, -0.05) is 24.2 Å². The number of aromatic nitrogens is 3. The Hall–Kier alpha value is -1.76. The average Bonchev–Trinajstić information content (AvgIpc) is 3.34. The number of carbonyl (C=O) groups is 1. The van der Waals surface area contributed by atoms with E-state index in [0.717, 1.165) is 56.2 Å². The summed E-state index contributed by atoms with van der Waals surface area (Å²) >= 11 is 0. The number of oxime groups is 1. The van der Waals surface area contributed by atoms with Crippen molar-refractivity contribution in [1.82, 2.24) is 19.9 Å². The van der Waals surface area contributed by atoms with Gasteiger partial charge in [0.2, 0.25) is 0 Å². The van der Waals surface area contributed by atoms with Gasteiger partial charge in [0, 0.05) is 24.6 Å². The van der Waals surface area contributed by atoms with Gasteiger partial charge in [0.15, 0.2) is 0 Å². The maximum atomic E-state index is 12.6. The molecule has 1 aromatic heterocycles. The molecule has 1 heterocycles. The Kier molecular flexibility index (Phi) is 6.13. The molecule has 0 saturated heterocycles. The monoisotopic (exact) mass is 455 g/mol. The Morgan fingerprint density at radius 1 is 1.15 bits per heavy atom. The summed E-state index contributed by atoms with van der Waals surface area (Å²) < 4.78 is 1.84. The van der Waals surface area contributed by atoms with Crippen molar-refractivity contribution in [2.75, 3.05) is 20.7 Å². The molecule has 5 rings (SSSR count). The molecule has 4 saturated carbocycles. The van der Waals surface area contributed by atoms with Crippen LogP contribution in [0.1, 0.15) is 77.3 Å². The first-order valence-electron chi connectivity index (χ1n) is 13.0. The molecule has 0 amide bonds. The molecule has 6 unspecified atom stereocenters. The van der Waals surface area contributed by atoms with Gasteiger partial charge in [-0.05, 0) is 94.5 Å². The first-order chi connectivity index (χ1) is 15.8. The summed E-state index contributed by atoms with van der Waals surface area (Å²) in [6, 6.07) is 0. The minimum atomic E-state index is -0.0171. The van der Waals surface area contributed by atoms with Gasteiger partial charge < -0.3 is 9.74 Å². The van der Waals surface area contributed by atoms with Crippen LogP contribution in [0.3, 0.4) is 0 Å². The zero-order chi connectivity index (χ0) is 23.2. The van der Waals surface area contributed by atoms with Gasteiger partial charge in [0.25, 0.3) is 0 Å². The summed E-state index contributed by atoms with van der Waals surface area (Å²) in [5, 5.41) is 12.9. The van der Waals surface area contributed by atoms with Crippen LogP contribution in [0.25, 0.3) is 0 Å². The number of hydrogen-bond donors (Lipinski definition) is 0. The van der Waals surface area contributed by atoms with Gasteiger partial charge in [-0.2, -0.15) is 0 Å². The third-order valence-corrected chi connectivity index (χ3v) is 9.88. The molecule has 0 N–H and O–H groups in total. The fourth-order valence-corrected chi connectivity index (χ4v) is 8.03. The predicted octanol–water partition coefficient (Wildman–Crippen LogP) is 4.32. The number of rotatable bonds is 6. The highest BCUT2D eigenvalue weighted by Crippen LogP contribution is 2.65. The van der Waals surface area contributed by atoms with Gasteiger partial charge in [0.1, 0.15) is 12.4 Å². The van der Waals surface area contributed by atoms with E-state index < -0.39 is 0 Å². The molecule has 0 aliphatic heterocycles. The highest BCUT2D eigenvalue weighted by atomic mass is 16.6. The molecular formula is C26H41N5O2. The Morgan fingerprint density at radius 3 is 2.82 bits per heavy atom. The molecular weight excluding hydrogens is 414 g/mol. The maximum Gasteiger partial charge on any atom is 0.139 e. The molecule has 0 spiro atoms. The van der Waals surface area contributed by atoms with Crippen LogP contribution in [0.15, 0.2) is 11.4 Å². The van der Waals surface area contributed by atoms with E-state index in [1.54, 1.807) is 0 Å². The summed E-state index contributed by atoms with van der Waals surface area (Å²) in [7, 11) is 4.06. The second-order valence-corrected chi connectivity index (χ2v) is 12.0. The van der Waals surface area contributed by atoms with Crippen molar-refractivity contribution >= 4 is 11.5 Å². The van der Waals surface area contributed by atoms with E-state index in [1.807, 2.05) is 25.0 Å². The molecule has 4 aliphatic carbocycles. The van der Waals surface area contributed by atoms with Gasteiger partial charge in [-0.25, -0.2) is 4.68 Å². The topological polar surface area (TPSA) is 72.6 Å². The van der Waals surface area contributed by atoms with Gasteiger partial charge in [-0.15, -0.1) is 5.10 Å². The van der Waals surface area contributed by atoms with Gasteiger partial charge in [0.05, 0.1) is 18.0 Å². The van der Waals surface area contributed by atoms with Crippen LogP contribution in [0.5, 0.6) is 0 Å². The van der Waals surface area contributed by atoms with E-state index >= 15 is 0 Å². The molecule has 0 aromatic carbocycles. The smallest absolute Gasteiger partial charge is 0.139 e. The van der Waals surface area contributed by atoms with Crippen LogP contribution < -0.4 is 0 Å². The number of Topliss-reactive ketones (excluding diaryl/α,β-unsaturated/α-hetero) is 1. The summed E-state index contributed by atoms with van der Waals surface area (Å²) in [6.07, 6.45) is 12.2. The largest absolute Gasteiger partial charge is 0.394 e. The number of fused-ring (bicyclic) bond motifs is 5. The highest BCUT2D eigenvalue weighted by Gasteiger charge is 2.60. The molecule has 7 nitrogen and oxygen atoms in total. The molecule has 0 bridgehead atoms. The fraction of sp³-hybridized carbons (Fsp3) is 0.846. The highest BCUT2D eigenvalue weighted by molar-refractivity contribution is 5.87. The van der Waals surface area contributed by atoms with Crippen LogP contribution in [0, 0.1) is 34.5 Å². The van der Waals surface area contributed by atoms with Crippen LogP contribution in [-0.2, 0) is 22.7 Å². The van der Waals surface area contributed by atoms with E-state index in [9.17, 15) is 4.79 Å². The van der Waals surface area contributed by atoms with Crippen LogP contribution in [0.2, 0.25) is 0 Å². The SMILES string of the molecule is CN(C)Cc1cn(CCON=C2CCC3(C)C(CCC4C5CCC(=O)C5(C)CCC43)C2)nn1. The van der Waals surface area contributed by atoms with E-state index in [1.165, 1.54) is 31.4 Å². The Morgan fingerprint density at radius 2 is 2.00 bits per heavy atom. The summed E-state index contributed by atoms with van der Waals surface area (Å²) in [6.45, 7) is 6.82. The molecule has 6 atom stereocenters. The second-order valence-electron chi connectivity index (χ2n) is 12.0. The number of nitrogens with zero attached hydrogens (tertiary/aromatic N) is 5. The lowest BCUT2D eigenvalue weighted by atomic mass is 9.45. The predicted molar refractivity (Wildman–Crippen MR) is 128 cm³/mol. The Balaban J connectivity index is 1.16. The summed E-state index contributed by atoms with van der Waals surface area (Å²) in [4.78, 5) is 20.4. The standard InChI is InChI=1S/C26H41N5O2/c1-25-11-9-19(28-33-14-13-31-17-20(27-29-31)16-30(3)4)15-18(25)5-6-21-22-7-8-24(32)26(22,2)12-10-23(21)25/h17-18,21-23H,5-16H2,1-4H3. The lowest BCUT2D eigenvalue weighted by molar-refractivity contribution is -0.137. The zero-order valence-corrected chi connectivity index (χ0v) is 20.9. The number of carbonyl (C=O) groups excluding carboxylic acids is 1. The zero-order valence-electron chi connectivity index (χ0n) is 20.9. The van der Waals surface area contributed by atoms with Crippen molar-refractivity contribution in [2.24, 2.45) is 39.7 Å². The summed E-state index contributed by atoms with van der Waals surface area (Å²) in [5.41, 5.74) is 2.59. The Labute approximate surface area is 198 Å². The Bertz CT molecular complexity index is 910. The van der Waals surface area contributed by atoms with Gasteiger partial charge in [-0.3, -0.25) is 4.79 Å². The van der Waals surface area contributed by atoms with E-state index in [4.69, 9.17) is 4.84 Å². The number of ketones is 1. The van der Waals surface area contributed by atoms with Crippen molar-refractivity contribution in [2.45, 2.75) is 84.7 Å². The van der Waals surface area contributed by atoms with Crippen LogP contribution in [0.4, 0.5) is 0 Å². The quantitative estimate of drug-likeness (QED) is 0.472. The van der Waals surface area contributed by atoms with Crippen molar-refractivity contribution in [3.63, 3.8) is 0 Å². The molecule has 4 fully saturated rings. The second kappa shape index (κ2) is 8.79. The average molecular weight is 456 g/mol. The number of hydrogen-bond acceptors (Lipinski definition) is 6. The van der Waals surface area contributed by atoms with Crippen LogP contribution >= 0.6 is 0 Å². The third kappa shape index (κ3) is 4.15. The fourth-order valence-electron chi connectivity index (χ4n) is 8.03.